The van der Waals surface area contributed by atoms with Crippen molar-refractivity contribution < 1.29 is 18.7 Å². The molecule has 1 N–H and O–H groups in total. The Morgan fingerprint density at radius 1 is 1.28 bits per heavy atom. The topological polar surface area (TPSA) is 71.5 Å². The lowest BCUT2D eigenvalue weighted by Gasteiger charge is -2.40. The first kappa shape index (κ1) is 16.9. The fourth-order valence-electron chi connectivity index (χ4n) is 2.66. The van der Waals surface area contributed by atoms with Crippen molar-refractivity contribution >= 4 is 23.3 Å². The van der Waals surface area contributed by atoms with Gasteiger partial charge in [0.05, 0.1) is 5.69 Å². The summed E-state index contributed by atoms with van der Waals surface area (Å²) in [6.07, 6.45) is 1.55. The Hall–Kier alpha value is -2.96. The van der Waals surface area contributed by atoms with Crippen LogP contribution in [0.15, 0.2) is 42.6 Å². The van der Waals surface area contributed by atoms with E-state index in [9.17, 15) is 14.0 Å². The first-order chi connectivity index (χ1) is 11.8. The molecule has 7 heteroatoms. The Labute approximate surface area is 144 Å². The van der Waals surface area contributed by atoms with Crippen LogP contribution in [0.5, 0.6) is 5.75 Å². The zero-order chi connectivity index (χ0) is 18.2. The highest BCUT2D eigenvalue weighted by Crippen LogP contribution is 2.37. The van der Waals surface area contributed by atoms with Gasteiger partial charge in [0.15, 0.2) is 11.6 Å². The molecule has 0 saturated heterocycles. The van der Waals surface area contributed by atoms with E-state index >= 15 is 0 Å². The van der Waals surface area contributed by atoms with Gasteiger partial charge < -0.3 is 10.1 Å². The Bertz CT molecular complexity index is 840. The molecule has 1 aromatic carbocycles. The average Bonchev–Trinajstić information content (AvgIpc) is 2.57. The van der Waals surface area contributed by atoms with Crippen LogP contribution in [0, 0.1) is 5.82 Å². The molecular formula is C18H18FN3O3. The molecule has 130 valence electrons. The number of ether oxygens (including phenoxy) is 1. The lowest BCUT2D eigenvalue weighted by molar-refractivity contribution is -0.145. The number of anilines is 2. The van der Waals surface area contributed by atoms with Gasteiger partial charge in [-0.05, 0) is 45.0 Å². The van der Waals surface area contributed by atoms with E-state index < -0.39 is 23.2 Å². The minimum Gasteiger partial charge on any atom is -0.464 e. The fraction of sp³-hybridized carbons (Fsp3) is 0.278. The van der Waals surface area contributed by atoms with E-state index in [1.807, 2.05) is 13.8 Å². The van der Waals surface area contributed by atoms with E-state index in [1.165, 1.54) is 30.0 Å². The van der Waals surface area contributed by atoms with Crippen molar-refractivity contribution in [2.75, 3.05) is 10.2 Å². The summed E-state index contributed by atoms with van der Waals surface area (Å²) >= 11 is 0. The van der Waals surface area contributed by atoms with Gasteiger partial charge in [0.2, 0.25) is 0 Å². The number of aromatic nitrogens is 1. The molecule has 0 saturated carbocycles. The number of fused-ring (bicyclic) bond motifs is 1. The molecule has 25 heavy (non-hydrogen) atoms. The summed E-state index contributed by atoms with van der Waals surface area (Å²) < 4.78 is 19.5. The third kappa shape index (κ3) is 2.82. The SMILES string of the molecule is CC(C)N1C(=O)C(C)(C(=O)Nc2ccccc2F)Oc2cccnc21. The van der Waals surface area contributed by atoms with E-state index in [0.717, 1.165) is 0 Å². The molecule has 2 aromatic rings. The standard InChI is InChI=1S/C18H18FN3O3/c1-11(2)22-15-14(9-6-10-20-15)25-18(3,17(22)24)16(23)21-13-8-5-4-7-12(13)19/h4-11H,1-3H3,(H,21,23). The highest BCUT2D eigenvalue weighted by Gasteiger charge is 2.52. The summed E-state index contributed by atoms with van der Waals surface area (Å²) in [4.78, 5) is 31.3. The number of benzene rings is 1. The molecule has 3 rings (SSSR count). The Morgan fingerprint density at radius 2 is 2.00 bits per heavy atom. The number of hydrogen-bond donors (Lipinski definition) is 1. The summed E-state index contributed by atoms with van der Waals surface area (Å²) in [5, 5.41) is 2.43. The number of nitrogens with zero attached hydrogens (tertiary/aromatic N) is 2. The zero-order valence-electron chi connectivity index (χ0n) is 14.1. The number of pyridine rings is 1. The van der Waals surface area contributed by atoms with Crippen LogP contribution in [0.3, 0.4) is 0 Å². The van der Waals surface area contributed by atoms with Gasteiger partial charge in [-0.15, -0.1) is 0 Å². The first-order valence-electron chi connectivity index (χ1n) is 7.88. The fourth-order valence-corrected chi connectivity index (χ4v) is 2.66. The van der Waals surface area contributed by atoms with Crippen molar-refractivity contribution in [3.63, 3.8) is 0 Å². The van der Waals surface area contributed by atoms with Gasteiger partial charge >= 0.3 is 0 Å². The second kappa shape index (κ2) is 6.16. The highest BCUT2D eigenvalue weighted by molar-refractivity contribution is 6.19. The average molecular weight is 343 g/mol. The summed E-state index contributed by atoms with van der Waals surface area (Å²) in [5.41, 5.74) is -1.85. The molecule has 1 aliphatic heterocycles. The van der Waals surface area contributed by atoms with E-state index in [2.05, 4.69) is 10.3 Å². The lowest BCUT2D eigenvalue weighted by atomic mass is 9.99. The molecule has 0 bridgehead atoms. The molecule has 1 aliphatic rings. The monoisotopic (exact) mass is 343 g/mol. The molecule has 0 aliphatic carbocycles. The van der Waals surface area contributed by atoms with Gasteiger partial charge in [-0.1, -0.05) is 12.1 Å². The number of hydrogen-bond acceptors (Lipinski definition) is 4. The maximum Gasteiger partial charge on any atom is 0.282 e. The predicted octanol–water partition coefficient (Wildman–Crippen LogP) is 2.75. The van der Waals surface area contributed by atoms with Crippen LogP contribution in [-0.2, 0) is 9.59 Å². The van der Waals surface area contributed by atoms with E-state index in [1.54, 1.807) is 24.4 Å². The first-order valence-corrected chi connectivity index (χ1v) is 7.88. The number of nitrogens with one attached hydrogen (secondary N) is 1. The number of amides is 2. The summed E-state index contributed by atoms with van der Waals surface area (Å²) in [7, 11) is 0. The Balaban J connectivity index is 1.99. The lowest BCUT2D eigenvalue weighted by Crippen LogP contribution is -2.62. The Kier molecular flexibility index (Phi) is 4.16. The minimum atomic E-state index is -1.83. The largest absolute Gasteiger partial charge is 0.464 e. The number of halogens is 1. The van der Waals surface area contributed by atoms with Crippen LogP contribution in [-0.4, -0.2) is 28.4 Å². The van der Waals surface area contributed by atoms with Gasteiger partial charge in [-0.3, -0.25) is 14.5 Å². The summed E-state index contributed by atoms with van der Waals surface area (Å²) in [5.74, 6) is -1.21. The van der Waals surface area contributed by atoms with Crippen molar-refractivity contribution in [1.82, 2.24) is 4.98 Å². The third-order valence-corrected chi connectivity index (χ3v) is 3.99. The quantitative estimate of drug-likeness (QED) is 0.870. The van der Waals surface area contributed by atoms with Gasteiger partial charge in [-0.2, -0.15) is 0 Å². The van der Waals surface area contributed by atoms with Crippen LogP contribution < -0.4 is 15.0 Å². The maximum atomic E-state index is 13.8. The second-order valence-electron chi connectivity index (χ2n) is 6.16. The minimum absolute atomic E-state index is 0.0156. The van der Waals surface area contributed by atoms with E-state index in [4.69, 9.17) is 4.74 Å². The van der Waals surface area contributed by atoms with E-state index in [0.29, 0.717) is 11.6 Å². The highest BCUT2D eigenvalue weighted by atomic mass is 19.1. The number of rotatable bonds is 3. The van der Waals surface area contributed by atoms with Crippen molar-refractivity contribution in [1.29, 1.82) is 0 Å². The van der Waals surface area contributed by atoms with Gasteiger partial charge in [0.1, 0.15) is 5.82 Å². The zero-order valence-corrected chi connectivity index (χ0v) is 14.1. The normalized spacial score (nSPS) is 19.4. The van der Waals surface area contributed by atoms with Crippen molar-refractivity contribution in [2.24, 2.45) is 0 Å². The second-order valence-corrected chi connectivity index (χ2v) is 6.16. The van der Waals surface area contributed by atoms with Crippen LogP contribution in [0.1, 0.15) is 20.8 Å². The smallest absolute Gasteiger partial charge is 0.282 e. The summed E-state index contributed by atoms with van der Waals surface area (Å²) in [6, 6.07) is 8.80. The third-order valence-electron chi connectivity index (χ3n) is 3.99. The van der Waals surface area contributed by atoms with Crippen LogP contribution >= 0.6 is 0 Å². The number of carbonyl (C=O) groups is 2. The van der Waals surface area contributed by atoms with Crippen LogP contribution in [0.25, 0.3) is 0 Å². The maximum absolute atomic E-state index is 13.8. The molecule has 0 fully saturated rings. The van der Waals surface area contributed by atoms with Gasteiger partial charge in [-0.25, -0.2) is 9.37 Å². The van der Waals surface area contributed by atoms with Crippen LogP contribution in [0.2, 0.25) is 0 Å². The molecule has 1 unspecified atom stereocenters. The molecule has 1 atom stereocenters. The molecule has 1 aromatic heterocycles. The molecular weight excluding hydrogens is 325 g/mol. The summed E-state index contributed by atoms with van der Waals surface area (Å²) in [6.45, 7) is 5.00. The number of carbonyl (C=O) groups excluding carboxylic acids is 2. The van der Waals surface area contributed by atoms with Crippen molar-refractivity contribution in [3.05, 3.63) is 48.4 Å². The molecule has 6 nitrogen and oxygen atoms in total. The molecule has 2 amide bonds. The van der Waals surface area contributed by atoms with Crippen LogP contribution in [0.4, 0.5) is 15.9 Å². The van der Waals surface area contributed by atoms with Crippen molar-refractivity contribution in [2.45, 2.75) is 32.4 Å². The predicted molar refractivity (Wildman–Crippen MR) is 90.9 cm³/mol. The van der Waals surface area contributed by atoms with Gasteiger partial charge in [0.25, 0.3) is 17.4 Å². The Morgan fingerprint density at radius 3 is 2.68 bits per heavy atom. The van der Waals surface area contributed by atoms with Gasteiger partial charge in [0, 0.05) is 12.2 Å². The molecule has 0 spiro atoms. The molecule has 2 heterocycles. The number of para-hydroxylation sites is 1. The van der Waals surface area contributed by atoms with E-state index in [-0.39, 0.29) is 11.7 Å². The van der Waals surface area contributed by atoms with Crippen molar-refractivity contribution in [3.8, 4) is 5.75 Å². The molecule has 0 radical (unpaired) electrons.